The molecule has 0 radical (unpaired) electrons. The highest BCUT2D eigenvalue weighted by atomic mass is 16.3. The molecule has 0 aromatic heterocycles. The van der Waals surface area contributed by atoms with Crippen LogP contribution < -0.4 is 0 Å². The second kappa shape index (κ2) is 5.71. The number of likely N-dealkylation sites (tertiary alicyclic amines) is 1. The van der Waals surface area contributed by atoms with E-state index in [0.717, 1.165) is 51.7 Å². The van der Waals surface area contributed by atoms with Crippen LogP contribution in [0.2, 0.25) is 0 Å². The summed E-state index contributed by atoms with van der Waals surface area (Å²) in [6.07, 6.45) is 6.18. The van der Waals surface area contributed by atoms with E-state index in [9.17, 15) is 10.2 Å². The van der Waals surface area contributed by atoms with Gasteiger partial charge >= 0.3 is 0 Å². The number of hydrogen-bond donors (Lipinski definition) is 2. The molecule has 2 fully saturated rings. The molecule has 0 bridgehead atoms. The lowest BCUT2D eigenvalue weighted by molar-refractivity contribution is -0.0433. The van der Waals surface area contributed by atoms with Crippen LogP contribution >= 0.6 is 0 Å². The summed E-state index contributed by atoms with van der Waals surface area (Å²) in [5, 5.41) is 20.7. The van der Waals surface area contributed by atoms with Crippen molar-refractivity contribution >= 4 is 0 Å². The number of hydrogen-bond acceptors (Lipinski definition) is 3. The van der Waals surface area contributed by atoms with Gasteiger partial charge in [0, 0.05) is 13.1 Å². The fourth-order valence-electron chi connectivity index (χ4n) is 3.79. The van der Waals surface area contributed by atoms with Crippen LogP contribution in [0.5, 0.6) is 0 Å². The Kier molecular flexibility index (Phi) is 4.59. The lowest BCUT2D eigenvalue weighted by atomic mass is 9.69. The van der Waals surface area contributed by atoms with E-state index in [0.29, 0.717) is 5.92 Å². The Bertz CT molecular complexity index is 301. The number of aliphatic hydroxyl groups is 2. The maximum absolute atomic E-state index is 10.5. The lowest BCUT2D eigenvalue weighted by Gasteiger charge is -2.42. The first-order chi connectivity index (χ1) is 8.80. The molecule has 3 heteroatoms. The zero-order valence-corrected chi connectivity index (χ0v) is 12.9. The zero-order chi connectivity index (χ0) is 14.1. The molecule has 19 heavy (non-hydrogen) atoms. The van der Waals surface area contributed by atoms with Crippen LogP contribution in [0, 0.1) is 11.3 Å². The van der Waals surface area contributed by atoms with E-state index in [-0.39, 0.29) is 11.5 Å². The summed E-state index contributed by atoms with van der Waals surface area (Å²) in [5.41, 5.74) is -0.417. The molecule has 1 heterocycles. The fraction of sp³-hybridized carbons (Fsp3) is 1.00. The van der Waals surface area contributed by atoms with Crippen molar-refractivity contribution in [3.63, 3.8) is 0 Å². The highest BCUT2D eigenvalue weighted by molar-refractivity contribution is 4.90. The van der Waals surface area contributed by atoms with E-state index in [1.807, 2.05) is 6.92 Å². The Balaban J connectivity index is 1.90. The van der Waals surface area contributed by atoms with Gasteiger partial charge < -0.3 is 15.1 Å². The van der Waals surface area contributed by atoms with Crippen LogP contribution in [-0.4, -0.2) is 46.5 Å². The summed E-state index contributed by atoms with van der Waals surface area (Å²) in [6, 6.07) is 0. The Hall–Kier alpha value is -0.120. The molecule has 0 aromatic rings. The third-order valence-corrected chi connectivity index (χ3v) is 5.29. The Morgan fingerprint density at radius 2 is 1.79 bits per heavy atom. The highest BCUT2D eigenvalue weighted by Crippen LogP contribution is 2.39. The van der Waals surface area contributed by atoms with Crippen LogP contribution in [0.3, 0.4) is 0 Å². The Morgan fingerprint density at radius 3 is 2.53 bits per heavy atom. The van der Waals surface area contributed by atoms with Crippen molar-refractivity contribution in [2.24, 2.45) is 11.3 Å². The second-order valence-corrected chi connectivity index (χ2v) is 7.74. The van der Waals surface area contributed by atoms with Gasteiger partial charge in [0.15, 0.2) is 0 Å². The normalized spacial score (nSPS) is 40.9. The van der Waals surface area contributed by atoms with Crippen molar-refractivity contribution in [2.75, 3.05) is 19.6 Å². The molecular weight excluding hydrogens is 238 g/mol. The first kappa shape index (κ1) is 15.3. The molecule has 112 valence electrons. The average Bonchev–Trinajstić information content (AvgIpc) is 2.47. The predicted molar refractivity (Wildman–Crippen MR) is 78.0 cm³/mol. The van der Waals surface area contributed by atoms with E-state index in [4.69, 9.17) is 0 Å². The van der Waals surface area contributed by atoms with Crippen LogP contribution in [-0.2, 0) is 0 Å². The highest BCUT2D eigenvalue weighted by Gasteiger charge is 2.38. The van der Waals surface area contributed by atoms with Gasteiger partial charge in [0.05, 0.1) is 11.7 Å². The van der Waals surface area contributed by atoms with E-state index < -0.39 is 5.60 Å². The van der Waals surface area contributed by atoms with Crippen molar-refractivity contribution in [1.82, 2.24) is 4.90 Å². The van der Waals surface area contributed by atoms with E-state index >= 15 is 0 Å². The number of nitrogens with zero attached hydrogens (tertiary/aromatic N) is 1. The molecule has 3 atom stereocenters. The SMILES string of the molecule is CC1(O)CCCN(CC2CCCC(C)(C)C2O)CC1. The first-order valence-corrected chi connectivity index (χ1v) is 7.93. The maximum Gasteiger partial charge on any atom is 0.0632 e. The lowest BCUT2D eigenvalue weighted by Crippen LogP contribution is -2.45. The van der Waals surface area contributed by atoms with Crippen LogP contribution in [0.15, 0.2) is 0 Å². The quantitative estimate of drug-likeness (QED) is 0.809. The Labute approximate surface area is 118 Å². The largest absolute Gasteiger partial charge is 0.392 e. The molecule has 1 aliphatic carbocycles. The van der Waals surface area contributed by atoms with E-state index in [1.54, 1.807) is 0 Å². The van der Waals surface area contributed by atoms with Gasteiger partial charge in [0.2, 0.25) is 0 Å². The van der Waals surface area contributed by atoms with Gasteiger partial charge in [-0.1, -0.05) is 20.3 Å². The van der Waals surface area contributed by atoms with Crippen LogP contribution in [0.4, 0.5) is 0 Å². The van der Waals surface area contributed by atoms with Gasteiger partial charge in [0.25, 0.3) is 0 Å². The molecule has 2 aliphatic rings. The summed E-state index contributed by atoms with van der Waals surface area (Å²) in [7, 11) is 0. The van der Waals surface area contributed by atoms with Crippen molar-refractivity contribution in [1.29, 1.82) is 0 Å². The van der Waals surface area contributed by atoms with Crippen molar-refractivity contribution in [3.8, 4) is 0 Å². The number of rotatable bonds is 2. The molecule has 2 N–H and O–H groups in total. The predicted octanol–water partition coefficient (Wildman–Crippen LogP) is 2.41. The summed E-state index contributed by atoms with van der Waals surface area (Å²) in [6.45, 7) is 9.38. The second-order valence-electron chi connectivity index (χ2n) is 7.74. The molecule has 0 amide bonds. The van der Waals surface area contributed by atoms with Gasteiger partial charge in [-0.05, 0) is 56.9 Å². The van der Waals surface area contributed by atoms with Gasteiger partial charge in [-0.2, -0.15) is 0 Å². The van der Waals surface area contributed by atoms with Crippen molar-refractivity contribution < 1.29 is 10.2 Å². The molecule has 1 aliphatic heterocycles. The summed E-state index contributed by atoms with van der Waals surface area (Å²) < 4.78 is 0. The average molecular weight is 269 g/mol. The van der Waals surface area contributed by atoms with Gasteiger partial charge in [-0.25, -0.2) is 0 Å². The zero-order valence-electron chi connectivity index (χ0n) is 12.9. The molecule has 0 spiro atoms. The maximum atomic E-state index is 10.5. The van der Waals surface area contributed by atoms with E-state index in [1.165, 1.54) is 6.42 Å². The van der Waals surface area contributed by atoms with Crippen LogP contribution in [0.25, 0.3) is 0 Å². The molecule has 2 rings (SSSR count). The monoisotopic (exact) mass is 269 g/mol. The smallest absolute Gasteiger partial charge is 0.0632 e. The first-order valence-electron chi connectivity index (χ1n) is 7.93. The molecule has 3 unspecified atom stereocenters. The van der Waals surface area contributed by atoms with Crippen LogP contribution in [0.1, 0.15) is 59.3 Å². The third-order valence-electron chi connectivity index (χ3n) is 5.29. The number of aliphatic hydroxyl groups excluding tert-OH is 1. The summed E-state index contributed by atoms with van der Waals surface area (Å²) in [5.74, 6) is 0.409. The fourth-order valence-corrected chi connectivity index (χ4v) is 3.79. The summed E-state index contributed by atoms with van der Waals surface area (Å²) in [4.78, 5) is 2.46. The minimum absolute atomic E-state index is 0.0697. The molecule has 0 aromatic carbocycles. The summed E-state index contributed by atoms with van der Waals surface area (Å²) >= 11 is 0. The minimum atomic E-state index is -0.487. The van der Waals surface area contributed by atoms with Gasteiger partial charge in [0.1, 0.15) is 0 Å². The Morgan fingerprint density at radius 1 is 1.05 bits per heavy atom. The minimum Gasteiger partial charge on any atom is -0.392 e. The van der Waals surface area contributed by atoms with Crippen molar-refractivity contribution in [3.05, 3.63) is 0 Å². The van der Waals surface area contributed by atoms with E-state index in [2.05, 4.69) is 18.7 Å². The topological polar surface area (TPSA) is 43.7 Å². The molecule has 3 nitrogen and oxygen atoms in total. The van der Waals surface area contributed by atoms with Gasteiger partial charge in [-0.15, -0.1) is 0 Å². The van der Waals surface area contributed by atoms with Crippen molar-refractivity contribution in [2.45, 2.75) is 71.0 Å². The molecular formula is C16H31NO2. The standard InChI is InChI=1S/C16H31NO2/c1-15(2)7-4-6-13(14(15)18)12-17-10-5-8-16(3,19)9-11-17/h13-14,18-19H,4-12H2,1-3H3. The molecule has 1 saturated carbocycles. The molecule has 1 saturated heterocycles. The third kappa shape index (κ3) is 3.93. The van der Waals surface area contributed by atoms with Gasteiger partial charge in [-0.3, -0.25) is 0 Å².